The van der Waals surface area contributed by atoms with Crippen LogP contribution in [-0.2, 0) is 6.54 Å². The lowest BCUT2D eigenvalue weighted by Gasteiger charge is -2.23. The summed E-state index contributed by atoms with van der Waals surface area (Å²) in [6, 6.07) is 2.00. The number of fused-ring (bicyclic) bond motifs is 1. The molecule has 3 aromatic rings. The number of carbonyl (C=O) groups excluding carboxylic acids is 1. The Labute approximate surface area is 145 Å². The van der Waals surface area contributed by atoms with Crippen LogP contribution < -0.4 is 4.90 Å². The molecule has 8 heteroatoms. The number of amides is 1. The predicted octanol–water partition coefficient (Wildman–Crippen LogP) is 1.53. The van der Waals surface area contributed by atoms with Gasteiger partial charge in [0.15, 0.2) is 0 Å². The maximum absolute atomic E-state index is 12.7. The van der Waals surface area contributed by atoms with Gasteiger partial charge in [0.2, 0.25) is 0 Å². The second-order valence-electron chi connectivity index (χ2n) is 6.15. The minimum Gasteiger partial charge on any atom is -0.354 e. The summed E-state index contributed by atoms with van der Waals surface area (Å²) in [4.78, 5) is 28.7. The highest BCUT2D eigenvalue weighted by molar-refractivity contribution is 5.94. The van der Waals surface area contributed by atoms with Crippen molar-refractivity contribution < 1.29 is 4.79 Å². The van der Waals surface area contributed by atoms with Gasteiger partial charge in [-0.3, -0.25) is 9.48 Å². The molecule has 1 aliphatic rings. The average molecular weight is 339 g/mol. The van der Waals surface area contributed by atoms with E-state index in [1.54, 1.807) is 17.2 Å². The predicted molar refractivity (Wildman–Crippen MR) is 94.5 cm³/mol. The summed E-state index contributed by atoms with van der Waals surface area (Å²) in [5.41, 5.74) is 1.50. The second-order valence-corrected chi connectivity index (χ2v) is 6.15. The van der Waals surface area contributed by atoms with Crippen LogP contribution in [0.15, 0.2) is 31.0 Å². The summed E-state index contributed by atoms with van der Waals surface area (Å²) in [6.07, 6.45) is 7.84. The molecule has 0 radical (unpaired) electrons. The zero-order valence-electron chi connectivity index (χ0n) is 14.2. The van der Waals surface area contributed by atoms with Gasteiger partial charge in [-0.2, -0.15) is 5.10 Å². The molecule has 0 aromatic carbocycles. The van der Waals surface area contributed by atoms with Crippen molar-refractivity contribution in [1.29, 1.82) is 0 Å². The van der Waals surface area contributed by atoms with E-state index in [0.717, 1.165) is 49.5 Å². The number of aromatic nitrogens is 5. The monoisotopic (exact) mass is 339 g/mol. The minimum absolute atomic E-state index is 0.0519. The number of H-pyrrole nitrogens is 1. The van der Waals surface area contributed by atoms with E-state index in [4.69, 9.17) is 0 Å². The van der Waals surface area contributed by atoms with Gasteiger partial charge in [-0.25, -0.2) is 9.97 Å². The van der Waals surface area contributed by atoms with Gasteiger partial charge in [-0.15, -0.1) is 0 Å². The van der Waals surface area contributed by atoms with Crippen LogP contribution in [0.2, 0.25) is 0 Å². The smallest absolute Gasteiger partial charge is 0.257 e. The van der Waals surface area contributed by atoms with Crippen molar-refractivity contribution in [2.75, 3.05) is 31.1 Å². The molecule has 0 saturated carbocycles. The van der Waals surface area contributed by atoms with Crippen LogP contribution in [0, 0.1) is 0 Å². The minimum atomic E-state index is 0.0519. The zero-order chi connectivity index (χ0) is 17.2. The van der Waals surface area contributed by atoms with Gasteiger partial charge < -0.3 is 14.8 Å². The lowest BCUT2D eigenvalue weighted by molar-refractivity contribution is 0.0767. The van der Waals surface area contributed by atoms with Gasteiger partial charge in [0.05, 0.1) is 17.1 Å². The first-order valence-corrected chi connectivity index (χ1v) is 8.61. The van der Waals surface area contributed by atoms with Crippen molar-refractivity contribution in [2.45, 2.75) is 19.9 Å². The van der Waals surface area contributed by atoms with Crippen LogP contribution in [0.5, 0.6) is 0 Å². The highest BCUT2D eigenvalue weighted by Gasteiger charge is 2.23. The van der Waals surface area contributed by atoms with Gasteiger partial charge in [-0.05, 0) is 19.4 Å². The Morgan fingerprint density at radius 3 is 3.00 bits per heavy atom. The molecule has 0 spiro atoms. The third-order valence-electron chi connectivity index (χ3n) is 4.62. The Bertz CT molecular complexity index is 884. The van der Waals surface area contributed by atoms with E-state index >= 15 is 0 Å². The first kappa shape index (κ1) is 15.6. The summed E-state index contributed by atoms with van der Waals surface area (Å²) < 4.78 is 1.78. The molecule has 4 rings (SSSR count). The van der Waals surface area contributed by atoms with E-state index in [1.807, 2.05) is 30.3 Å². The third-order valence-corrected chi connectivity index (χ3v) is 4.62. The van der Waals surface area contributed by atoms with Gasteiger partial charge in [0.25, 0.3) is 5.91 Å². The molecule has 1 aliphatic heterocycles. The fraction of sp³-hybridized carbons (Fsp3) is 0.412. The normalized spacial score (nSPS) is 15.6. The standard InChI is InChI=1S/C17H21N7O/c1-2-24-11-13(10-21-24)17(25)23-7-3-6-22(8-9-23)16-14-4-5-18-15(14)19-12-20-16/h4-5,10-12H,2-3,6-9H2,1H3,(H,18,19,20). The molecule has 1 fully saturated rings. The summed E-state index contributed by atoms with van der Waals surface area (Å²) in [5.74, 6) is 0.982. The zero-order valence-corrected chi connectivity index (χ0v) is 14.2. The van der Waals surface area contributed by atoms with Crippen molar-refractivity contribution in [2.24, 2.45) is 0 Å². The maximum atomic E-state index is 12.7. The van der Waals surface area contributed by atoms with Crippen molar-refractivity contribution >= 4 is 22.8 Å². The number of hydrogen-bond donors (Lipinski definition) is 1. The van der Waals surface area contributed by atoms with Gasteiger partial charge in [0.1, 0.15) is 17.8 Å². The van der Waals surface area contributed by atoms with Crippen molar-refractivity contribution in [3.63, 3.8) is 0 Å². The Morgan fingerprint density at radius 2 is 2.16 bits per heavy atom. The average Bonchev–Trinajstić information content (AvgIpc) is 3.25. The van der Waals surface area contributed by atoms with Crippen LogP contribution in [0.25, 0.3) is 11.0 Å². The highest BCUT2D eigenvalue weighted by atomic mass is 16.2. The van der Waals surface area contributed by atoms with E-state index in [1.165, 1.54) is 0 Å². The highest BCUT2D eigenvalue weighted by Crippen LogP contribution is 2.23. The molecule has 1 N–H and O–H groups in total. The molecule has 130 valence electrons. The maximum Gasteiger partial charge on any atom is 0.257 e. The first-order valence-electron chi connectivity index (χ1n) is 8.61. The number of anilines is 1. The number of nitrogens with zero attached hydrogens (tertiary/aromatic N) is 6. The molecule has 1 saturated heterocycles. The van der Waals surface area contributed by atoms with Crippen LogP contribution in [0.3, 0.4) is 0 Å². The summed E-state index contributed by atoms with van der Waals surface area (Å²) in [5, 5.41) is 5.22. The van der Waals surface area contributed by atoms with E-state index in [2.05, 4.69) is 25.0 Å². The van der Waals surface area contributed by atoms with Crippen molar-refractivity contribution in [3.8, 4) is 0 Å². The molecule has 0 bridgehead atoms. The quantitative estimate of drug-likeness (QED) is 0.782. The van der Waals surface area contributed by atoms with Crippen LogP contribution >= 0.6 is 0 Å². The van der Waals surface area contributed by atoms with E-state index in [-0.39, 0.29) is 5.91 Å². The number of rotatable bonds is 3. The van der Waals surface area contributed by atoms with Crippen LogP contribution in [-0.4, -0.2) is 61.7 Å². The van der Waals surface area contributed by atoms with E-state index < -0.39 is 0 Å². The summed E-state index contributed by atoms with van der Waals surface area (Å²) in [6.45, 7) is 5.82. The molecule has 8 nitrogen and oxygen atoms in total. The molecular formula is C17H21N7O. The molecule has 4 heterocycles. The van der Waals surface area contributed by atoms with Gasteiger partial charge >= 0.3 is 0 Å². The lowest BCUT2D eigenvalue weighted by Crippen LogP contribution is -2.35. The number of carbonyl (C=O) groups is 1. The SMILES string of the molecule is CCn1cc(C(=O)N2CCCN(c3ncnc4[nH]ccc34)CC2)cn1. The molecule has 1 amide bonds. The molecular weight excluding hydrogens is 318 g/mol. The lowest BCUT2D eigenvalue weighted by atomic mass is 10.3. The van der Waals surface area contributed by atoms with Gasteiger partial charge in [0, 0.05) is 45.1 Å². The molecule has 25 heavy (non-hydrogen) atoms. The van der Waals surface area contributed by atoms with Crippen LogP contribution in [0.4, 0.5) is 5.82 Å². The third kappa shape index (κ3) is 2.95. The molecule has 0 unspecified atom stereocenters. The Hall–Kier alpha value is -2.90. The Morgan fingerprint density at radius 1 is 1.24 bits per heavy atom. The summed E-state index contributed by atoms with van der Waals surface area (Å²) >= 11 is 0. The van der Waals surface area contributed by atoms with E-state index in [0.29, 0.717) is 12.1 Å². The van der Waals surface area contributed by atoms with Crippen LogP contribution in [0.1, 0.15) is 23.7 Å². The van der Waals surface area contributed by atoms with Crippen molar-refractivity contribution in [1.82, 2.24) is 29.6 Å². The number of aromatic amines is 1. The fourth-order valence-corrected chi connectivity index (χ4v) is 3.27. The Kier molecular flexibility index (Phi) is 4.09. The molecule has 0 aliphatic carbocycles. The molecule has 0 atom stereocenters. The first-order chi connectivity index (χ1) is 12.3. The molecule has 3 aromatic heterocycles. The summed E-state index contributed by atoms with van der Waals surface area (Å²) in [7, 11) is 0. The number of hydrogen-bond acceptors (Lipinski definition) is 5. The van der Waals surface area contributed by atoms with E-state index in [9.17, 15) is 4.79 Å². The second kappa shape index (κ2) is 6.54. The van der Waals surface area contributed by atoms with Crippen molar-refractivity contribution in [3.05, 3.63) is 36.5 Å². The Balaban J connectivity index is 1.50. The van der Waals surface area contributed by atoms with Gasteiger partial charge in [-0.1, -0.05) is 0 Å². The largest absolute Gasteiger partial charge is 0.354 e. The number of aryl methyl sites for hydroxylation is 1. The fourth-order valence-electron chi connectivity index (χ4n) is 3.27. The topological polar surface area (TPSA) is 82.9 Å². The number of nitrogens with one attached hydrogen (secondary N) is 1.